The first-order valence-corrected chi connectivity index (χ1v) is 14.0. The number of Topliss-reactive ketones (excluding diaryl/α,β-unsaturated/α-hetero) is 3. The smallest absolute Gasteiger partial charge is 0.167 e. The lowest BCUT2D eigenvalue weighted by molar-refractivity contribution is -0.131. The van der Waals surface area contributed by atoms with E-state index in [4.69, 9.17) is 0 Å². The molecule has 6 N–H and O–H groups in total. The summed E-state index contributed by atoms with van der Waals surface area (Å²) < 4.78 is 0. The largest absolute Gasteiger partial charge is 0.507 e. The van der Waals surface area contributed by atoms with Gasteiger partial charge in [0.15, 0.2) is 5.78 Å². The van der Waals surface area contributed by atoms with E-state index in [0.29, 0.717) is 37.9 Å². The predicted molar refractivity (Wildman–Crippen MR) is 160 cm³/mol. The van der Waals surface area contributed by atoms with Crippen molar-refractivity contribution >= 4 is 17.3 Å². The van der Waals surface area contributed by atoms with Gasteiger partial charge in [0.05, 0.1) is 18.6 Å². The summed E-state index contributed by atoms with van der Waals surface area (Å²) in [4.78, 5) is 37.1. The Morgan fingerprint density at radius 3 is 2.27 bits per heavy atom. The zero-order valence-corrected chi connectivity index (χ0v) is 24.3. The Morgan fingerprint density at radius 1 is 1.05 bits per heavy atom. The lowest BCUT2D eigenvalue weighted by atomic mass is 9.73. The van der Waals surface area contributed by atoms with Crippen LogP contribution in [0.4, 0.5) is 0 Å². The van der Waals surface area contributed by atoms with Crippen molar-refractivity contribution < 1.29 is 38.0 Å². The van der Waals surface area contributed by atoms with Gasteiger partial charge in [0.1, 0.15) is 17.3 Å². The van der Waals surface area contributed by atoms with Gasteiger partial charge in [0.2, 0.25) is 0 Å². The van der Waals surface area contributed by atoms with Crippen molar-refractivity contribution in [2.75, 3.05) is 13.2 Å². The number of fused-ring (bicyclic) bond motifs is 1. The van der Waals surface area contributed by atoms with Gasteiger partial charge in [-0.25, -0.2) is 0 Å². The molecule has 0 saturated heterocycles. The molecule has 1 aliphatic carbocycles. The van der Waals surface area contributed by atoms with Crippen molar-refractivity contribution in [3.8, 4) is 5.75 Å². The number of aryl methyl sites for hydroxylation is 1. The van der Waals surface area contributed by atoms with Crippen LogP contribution in [0.3, 0.4) is 0 Å². The van der Waals surface area contributed by atoms with Crippen LogP contribution in [0.2, 0.25) is 0 Å². The van der Waals surface area contributed by atoms with Gasteiger partial charge in [0.25, 0.3) is 0 Å². The Morgan fingerprint density at radius 2 is 1.70 bits per heavy atom. The number of carbonyl (C=O) groups excluding carboxylic acids is 3. The number of phenolic OH excluding ortho intramolecular Hbond substituents is 1. The first-order valence-electron chi connectivity index (χ1n) is 14.0. The van der Waals surface area contributed by atoms with Crippen LogP contribution in [-0.4, -0.2) is 51.4 Å². The lowest BCUT2D eigenvalue weighted by Gasteiger charge is -2.31. The quantitative estimate of drug-likeness (QED) is 0.265. The van der Waals surface area contributed by atoms with Crippen molar-refractivity contribution in [3.05, 3.63) is 64.2 Å². The molecular formula is C32H51NO7. The maximum absolute atomic E-state index is 13.1. The normalized spacial score (nSPS) is 15.7. The van der Waals surface area contributed by atoms with E-state index in [1.807, 2.05) is 13.0 Å². The Bertz CT molecular complexity index is 1110. The Kier molecular flexibility index (Phi) is 15.5. The van der Waals surface area contributed by atoms with Gasteiger partial charge in [0, 0.05) is 34.9 Å². The van der Waals surface area contributed by atoms with Crippen LogP contribution in [0, 0.1) is 24.7 Å². The third kappa shape index (κ3) is 10.2. The first kappa shape index (κ1) is 35.1. The highest BCUT2D eigenvalue weighted by atomic mass is 16.3. The summed E-state index contributed by atoms with van der Waals surface area (Å²) >= 11 is 0. The van der Waals surface area contributed by atoms with E-state index >= 15 is 0 Å². The third-order valence-electron chi connectivity index (χ3n) is 7.14. The summed E-state index contributed by atoms with van der Waals surface area (Å²) in [5.74, 6) is -1.95. The monoisotopic (exact) mass is 561 g/mol. The van der Waals surface area contributed by atoms with Gasteiger partial charge in [-0.3, -0.25) is 14.4 Å². The molecule has 0 spiro atoms. The molecule has 8 heteroatoms. The number of nitrogens with one attached hydrogen (secondary N) is 1. The summed E-state index contributed by atoms with van der Waals surface area (Å²) in [6, 6.07) is 11.7. The zero-order valence-electron chi connectivity index (χ0n) is 24.3. The number of rotatable bonds is 13. The number of aliphatic hydroxyl groups excluding tert-OH is 2. The number of carbonyl (C=O) groups is 3. The molecule has 0 amide bonds. The molecule has 0 aromatic heterocycles. The minimum atomic E-state index is -0.752. The molecule has 3 rings (SSSR count). The first-order chi connectivity index (χ1) is 18.6. The molecule has 1 aliphatic rings. The molecule has 0 fully saturated rings. The van der Waals surface area contributed by atoms with Gasteiger partial charge in [-0.05, 0) is 67.7 Å². The summed E-state index contributed by atoms with van der Waals surface area (Å²) in [6.45, 7) is 8.28. The topological polar surface area (TPSA) is 155 Å². The maximum Gasteiger partial charge on any atom is 0.167 e. The number of hydrogen-bond acceptors (Lipinski definition) is 7. The van der Waals surface area contributed by atoms with Crippen LogP contribution in [0.25, 0.3) is 0 Å². The van der Waals surface area contributed by atoms with Crippen LogP contribution in [0.1, 0.15) is 88.3 Å². The SMILES string of the molecule is CC(=O)CC(=O)C(CO)C(CCO)CC1CC(=O)c2c(O)ccc(CNCc3ccc(C)cc3)c2C1.CCC.O.[HH].[HH]. The van der Waals surface area contributed by atoms with E-state index in [9.17, 15) is 29.7 Å². The zero-order chi connectivity index (χ0) is 28.9. The standard InChI is InChI=1S/C29H37NO6.C3H8.H2O.2H2/c1-18-3-5-20(6-4-18)15-30-16-23-7-8-26(34)29-24(23)13-21(14-28(29)36)12-22(9-10-31)25(17-32)27(35)11-19(2)33;1-3-2;;;/h3-8,21-22,25,30-32,34H,9-17H2,1-2H3;3H2,1-2H3;1H2;2*1H. The molecule has 0 saturated carbocycles. The maximum atomic E-state index is 13.1. The highest BCUT2D eigenvalue weighted by Gasteiger charge is 2.34. The fourth-order valence-corrected chi connectivity index (χ4v) is 5.30. The molecule has 40 heavy (non-hydrogen) atoms. The van der Waals surface area contributed by atoms with Crippen LogP contribution >= 0.6 is 0 Å². The number of aliphatic hydroxyl groups is 2. The Balaban J connectivity index is 0. The third-order valence-corrected chi connectivity index (χ3v) is 7.14. The number of ketones is 3. The van der Waals surface area contributed by atoms with Gasteiger partial charge >= 0.3 is 0 Å². The molecule has 2 aromatic rings. The molecule has 0 heterocycles. The molecule has 226 valence electrons. The fraction of sp³-hybridized carbons (Fsp3) is 0.531. The highest BCUT2D eigenvalue weighted by Crippen LogP contribution is 2.38. The number of phenols is 1. The van der Waals surface area contributed by atoms with E-state index in [0.717, 1.165) is 16.7 Å². The molecular weight excluding hydrogens is 510 g/mol. The van der Waals surface area contributed by atoms with Crippen molar-refractivity contribution in [1.29, 1.82) is 0 Å². The highest BCUT2D eigenvalue weighted by molar-refractivity contribution is 6.01. The van der Waals surface area contributed by atoms with Crippen LogP contribution in [-0.2, 0) is 29.1 Å². The molecule has 3 unspecified atom stereocenters. The lowest BCUT2D eigenvalue weighted by Crippen LogP contribution is -2.33. The van der Waals surface area contributed by atoms with E-state index < -0.39 is 12.5 Å². The molecule has 3 atom stereocenters. The minimum Gasteiger partial charge on any atom is -0.507 e. The van der Waals surface area contributed by atoms with Gasteiger partial charge < -0.3 is 26.1 Å². The second-order valence-corrected chi connectivity index (χ2v) is 10.7. The summed E-state index contributed by atoms with van der Waals surface area (Å²) in [5.41, 5.74) is 4.47. The van der Waals surface area contributed by atoms with Crippen molar-refractivity contribution in [3.63, 3.8) is 0 Å². The Labute approximate surface area is 241 Å². The number of hydrogen-bond donors (Lipinski definition) is 4. The fourth-order valence-electron chi connectivity index (χ4n) is 5.30. The van der Waals surface area contributed by atoms with Crippen molar-refractivity contribution in [2.24, 2.45) is 17.8 Å². The van der Waals surface area contributed by atoms with Crippen LogP contribution in [0.5, 0.6) is 5.75 Å². The molecule has 0 bridgehead atoms. The van der Waals surface area contributed by atoms with E-state index in [-0.39, 0.29) is 62.7 Å². The van der Waals surface area contributed by atoms with Crippen molar-refractivity contribution in [2.45, 2.75) is 79.3 Å². The second kappa shape index (κ2) is 17.7. The molecule has 2 aromatic carbocycles. The van der Waals surface area contributed by atoms with Gasteiger partial charge in [-0.2, -0.15) is 0 Å². The van der Waals surface area contributed by atoms with E-state index in [2.05, 4.69) is 43.4 Å². The average molecular weight is 562 g/mol. The molecule has 8 nitrogen and oxygen atoms in total. The molecule has 0 aliphatic heterocycles. The van der Waals surface area contributed by atoms with Crippen LogP contribution in [0.15, 0.2) is 36.4 Å². The second-order valence-electron chi connectivity index (χ2n) is 10.7. The van der Waals surface area contributed by atoms with Crippen LogP contribution < -0.4 is 5.32 Å². The van der Waals surface area contributed by atoms with Gasteiger partial charge in [-0.15, -0.1) is 0 Å². The van der Waals surface area contributed by atoms with E-state index in [1.54, 1.807) is 6.07 Å². The summed E-state index contributed by atoms with van der Waals surface area (Å²) in [7, 11) is 0. The molecule has 0 radical (unpaired) electrons. The van der Waals surface area contributed by atoms with E-state index in [1.165, 1.54) is 18.9 Å². The predicted octanol–water partition coefficient (Wildman–Crippen LogP) is 4.36. The van der Waals surface area contributed by atoms with Crippen molar-refractivity contribution in [1.82, 2.24) is 5.32 Å². The summed E-state index contributed by atoms with van der Waals surface area (Å²) in [5, 5.41) is 33.4. The average Bonchev–Trinajstić information content (AvgIpc) is 2.87. The number of aromatic hydroxyl groups is 1. The summed E-state index contributed by atoms with van der Waals surface area (Å²) in [6.07, 6.45) is 2.55. The number of benzene rings is 2. The minimum absolute atomic E-state index is 0. The Hall–Kier alpha value is -2.91. The van der Waals surface area contributed by atoms with Gasteiger partial charge in [-0.1, -0.05) is 56.2 Å².